The van der Waals surface area contributed by atoms with Crippen molar-refractivity contribution in [3.05, 3.63) is 18.0 Å². The van der Waals surface area contributed by atoms with Gasteiger partial charge in [-0.1, -0.05) is 19.8 Å². The molecular formula is C14H24N2O3S. The van der Waals surface area contributed by atoms with E-state index in [0.717, 1.165) is 12.8 Å². The number of aliphatic hydroxyl groups excluding tert-OH is 1. The third-order valence-electron chi connectivity index (χ3n) is 3.90. The molecule has 2 N–H and O–H groups in total. The second kappa shape index (κ2) is 6.28. The summed E-state index contributed by atoms with van der Waals surface area (Å²) in [5.41, 5.74) is 0.628. The van der Waals surface area contributed by atoms with Gasteiger partial charge in [-0.2, -0.15) is 0 Å². The fourth-order valence-corrected chi connectivity index (χ4v) is 3.84. The van der Waals surface area contributed by atoms with Crippen molar-refractivity contribution in [1.82, 2.24) is 9.29 Å². The van der Waals surface area contributed by atoms with Gasteiger partial charge in [-0.3, -0.25) is 0 Å². The lowest BCUT2D eigenvalue weighted by molar-refractivity contribution is 0.271. The number of nitrogens with zero attached hydrogens (tertiary/aromatic N) is 1. The van der Waals surface area contributed by atoms with Gasteiger partial charge in [0.1, 0.15) is 0 Å². The van der Waals surface area contributed by atoms with E-state index in [2.05, 4.69) is 4.72 Å². The number of hydrogen-bond acceptors (Lipinski definition) is 3. The summed E-state index contributed by atoms with van der Waals surface area (Å²) in [6.07, 6.45) is 5.77. The molecule has 0 saturated heterocycles. The zero-order chi connectivity index (χ0) is 14.8. The van der Waals surface area contributed by atoms with Crippen molar-refractivity contribution in [1.29, 1.82) is 0 Å². The average Bonchev–Trinajstić information content (AvgIpc) is 3.12. The molecule has 1 fully saturated rings. The molecule has 1 aliphatic rings. The molecule has 1 aromatic heterocycles. The summed E-state index contributed by atoms with van der Waals surface area (Å²) in [5, 5.41) is 9.25. The number of aromatic nitrogens is 1. The second-order valence-corrected chi connectivity index (χ2v) is 7.23. The minimum Gasteiger partial charge on any atom is -0.390 e. The molecule has 1 unspecified atom stereocenters. The SMILES string of the molecule is CCC(CC1CC1)NS(=O)(=O)c1cc(CO)n(CC)c1. The molecule has 1 aliphatic carbocycles. The molecule has 0 bridgehead atoms. The Hall–Kier alpha value is -0.850. The third-order valence-corrected chi connectivity index (χ3v) is 5.39. The number of nitrogens with one attached hydrogen (secondary N) is 1. The molecule has 1 atom stereocenters. The van der Waals surface area contributed by atoms with E-state index >= 15 is 0 Å². The van der Waals surface area contributed by atoms with Crippen molar-refractivity contribution in [3.63, 3.8) is 0 Å². The van der Waals surface area contributed by atoms with Crippen molar-refractivity contribution in [2.75, 3.05) is 0 Å². The Morgan fingerprint density at radius 1 is 1.45 bits per heavy atom. The molecule has 0 aliphatic heterocycles. The molecule has 2 rings (SSSR count). The van der Waals surface area contributed by atoms with Gasteiger partial charge in [0.2, 0.25) is 10.0 Å². The highest BCUT2D eigenvalue weighted by Crippen LogP contribution is 2.34. The molecular weight excluding hydrogens is 276 g/mol. The normalized spacial score (nSPS) is 17.4. The van der Waals surface area contributed by atoms with E-state index in [1.807, 2.05) is 13.8 Å². The van der Waals surface area contributed by atoms with E-state index in [1.165, 1.54) is 12.8 Å². The number of rotatable bonds is 8. The van der Waals surface area contributed by atoms with Crippen LogP contribution in [0.5, 0.6) is 0 Å². The third kappa shape index (κ3) is 3.62. The molecule has 1 aromatic rings. The van der Waals surface area contributed by atoms with Gasteiger partial charge in [-0.05, 0) is 31.7 Å². The first kappa shape index (κ1) is 15.5. The van der Waals surface area contributed by atoms with Gasteiger partial charge in [-0.25, -0.2) is 13.1 Å². The highest BCUT2D eigenvalue weighted by molar-refractivity contribution is 7.89. The van der Waals surface area contributed by atoms with Crippen LogP contribution in [0.25, 0.3) is 0 Å². The first-order valence-corrected chi connectivity index (χ1v) is 8.80. The van der Waals surface area contributed by atoms with E-state index in [9.17, 15) is 13.5 Å². The van der Waals surface area contributed by atoms with Crippen molar-refractivity contribution >= 4 is 10.0 Å². The van der Waals surface area contributed by atoms with Crippen molar-refractivity contribution < 1.29 is 13.5 Å². The number of hydrogen-bond donors (Lipinski definition) is 2. The van der Waals surface area contributed by atoms with Gasteiger partial charge in [0, 0.05) is 24.5 Å². The van der Waals surface area contributed by atoms with Gasteiger partial charge in [0.05, 0.1) is 11.5 Å². The minimum absolute atomic E-state index is 0.00931. The molecule has 20 heavy (non-hydrogen) atoms. The predicted octanol–water partition coefficient (Wildman–Crippen LogP) is 1.86. The second-order valence-electron chi connectivity index (χ2n) is 5.52. The molecule has 0 spiro atoms. The van der Waals surface area contributed by atoms with E-state index in [1.54, 1.807) is 16.8 Å². The smallest absolute Gasteiger partial charge is 0.242 e. The average molecular weight is 300 g/mol. The van der Waals surface area contributed by atoms with Gasteiger partial charge >= 0.3 is 0 Å². The van der Waals surface area contributed by atoms with Crippen LogP contribution in [0.1, 0.15) is 45.2 Å². The fraction of sp³-hybridized carbons (Fsp3) is 0.714. The maximum Gasteiger partial charge on any atom is 0.242 e. The number of aliphatic hydroxyl groups is 1. The van der Waals surface area contributed by atoms with E-state index in [0.29, 0.717) is 18.2 Å². The maximum atomic E-state index is 12.4. The van der Waals surface area contributed by atoms with Gasteiger partial charge in [0.25, 0.3) is 0 Å². The van der Waals surface area contributed by atoms with Crippen molar-refractivity contribution in [2.24, 2.45) is 5.92 Å². The summed E-state index contributed by atoms with van der Waals surface area (Å²) < 4.78 is 29.3. The lowest BCUT2D eigenvalue weighted by atomic mass is 10.1. The Kier molecular flexibility index (Phi) is 4.88. The van der Waals surface area contributed by atoms with E-state index < -0.39 is 10.0 Å². The Labute approximate surface area is 121 Å². The monoisotopic (exact) mass is 300 g/mol. The van der Waals surface area contributed by atoms with Crippen LogP contribution in [0.3, 0.4) is 0 Å². The summed E-state index contributed by atoms with van der Waals surface area (Å²) in [6, 6.07) is 1.56. The van der Waals surface area contributed by atoms with Crippen LogP contribution < -0.4 is 4.72 Å². The zero-order valence-corrected chi connectivity index (χ0v) is 13.0. The molecule has 0 amide bonds. The topological polar surface area (TPSA) is 71.3 Å². The van der Waals surface area contributed by atoms with Crippen molar-refractivity contribution in [3.8, 4) is 0 Å². The Morgan fingerprint density at radius 3 is 2.60 bits per heavy atom. The van der Waals surface area contributed by atoms with Gasteiger partial charge in [-0.15, -0.1) is 0 Å². The molecule has 0 aromatic carbocycles. The maximum absolute atomic E-state index is 12.4. The van der Waals surface area contributed by atoms with Crippen molar-refractivity contribution in [2.45, 2.75) is 63.6 Å². The Balaban J connectivity index is 2.13. The van der Waals surface area contributed by atoms with Crippen LogP contribution >= 0.6 is 0 Å². The lowest BCUT2D eigenvalue weighted by Crippen LogP contribution is -2.34. The van der Waals surface area contributed by atoms with Gasteiger partial charge < -0.3 is 9.67 Å². The summed E-state index contributed by atoms with van der Waals surface area (Å²) >= 11 is 0. The summed E-state index contributed by atoms with van der Waals surface area (Å²) in [6.45, 7) is 4.42. The van der Waals surface area contributed by atoms with E-state index in [-0.39, 0.29) is 17.5 Å². The van der Waals surface area contributed by atoms with Crippen LogP contribution in [-0.2, 0) is 23.2 Å². The highest BCUT2D eigenvalue weighted by atomic mass is 32.2. The molecule has 5 nitrogen and oxygen atoms in total. The first-order valence-electron chi connectivity index (χ1n) is 7.32. The zero-order valence-electron chi connectivity index (χ0n) is 12.2. The lowest BCUT2D eigenvalue weighted by Gasteiger charge is -2.16. The molecule has 0 radical (unpaired) electrons. The molecule has 1 heterocycles. The fourth-order valence-electron chi connectivity index (χ4n) is 2.44. The predicted molar refractivity (Wildman–Crippen MR) is 77.8 cm³/mol. The largest absolute Gasteiger partial charge is 0.390 e. The van der Waals surface area contributed by atoms with Crippen LogP contribution in [0.4, 0.5) is 0 Å². The standard InChI is InChI=1S/C14H24N2O3S/c1-3-12(7-11-5-6-11)15-20(18,19)14-8-13(10-17)16(4-2)9-14/h8-9,11-12,15,17H,3-7,10H2,1-2H3. The van der Waals surface area contributed by atoms with Gasteiger partial charge in [0.15, 0.2) is 0 Å². The Morgan fingerprint density at radius 2 is 2.15 bits per heavy atom. The van der Waals surface area contributed by atoms with Crippen LogP contribution in [0.2, 0.25) is 0 Å². The molecule has 114 valence electrons. The summed E-state index contributed by atoms with van der Waals surface area (Å²) in [4.78, 5) is 0.248. The number of aryl methyl sites for hydroxylation is 1. The molecule has 6 heteroatoms. The van der Waals surface area contributed by atoms with E-state index in [4.69, 9.17) is 0 Å². The highest BCUT2D eigenvalue weighted by Gasteiger charge is 2.28. The van der Waals surface area contributed by atoms with Crippen LogP contribution in [0, 0.1) is 5.92 Å². The minimum atomic E-state index is -3.49. The first-order chi connectivity index (χ1) is 9.50. The number of sulfonamides is 1. The summed E-state index contributed by atoms with van der Waals surface area (Å²) in [5.74, 6) is 0.691. The Bertz CT molecular complexity index is 525. The van der Waals surface area contributed by atoms with Crippen LogP contribution in [-0.4, -0.2) is 24.1 Å². The quantitative estimate of drug-likeness (QED) is 0.770. The summed E-state index contributed by atoms with van der Waals surface area (Å²) in [7, 11) is -3.49. The van der Waals surface area contributed by atoms with Crippen LogP contribution in [0.15, 0.2) is 17.2 Å². The molecule has 1 saturated carbocycles.